The number of amides is 1. The molecule has 0 aliphatic carbocycles. The highest BCUT2D eigenvalue weighted by Crippen LogP contribution is 2.31. The molecule has 29 heavy (non-hydrogen) atoms. The molecule has 0 N–H and O–H groups in total. The molecular formula is C24H23N3OS. The summed E-state index contributed by atoms with van der Waals surface area (Å²) in [6.07, 6.45) is 2.55. The van der Waals surface area contributed by atoms with E-state index in [0.29, 0.717) is 11.7 Å². The highest BCUT2D eigenvalue weighted by atomic mass is 32.2. The minimum Gasteiger partial charge on any atom is -0.284 e. The Hall–Kier alpha value is -2.92. The number of fused-ring (bicyclic) bond motifs is 1. The molecule has 3 aromatic rings. The fourth-order valence-corrected chi connectivity index (χ4v) is 4.48. The molecule has 1 saturated heterocycles. The first-order valence-corrected chi connectivity index (χ1v) is 10.7. The normalized spacial score (nSPS) is 18.4. The first kappa shape index (κ1) is 19.4. The van der Waals surface area contributed by atoms with Crippen LogP contribution in [0.4, 0.5) is 0 Å². The number of rotatable bonds is 5. The molecule has 1 atom stereocenters. The number of benzene rings is 3. The van der Waals surface area contributed by atoms with Crippen molar-refractivity contribution in [3.8, 4) is 0 Å². The Labute approximate surface area is 175 Å². The second kappa shape index (κ2) is 8.62. The fourth-order valence-electron chi connectivity index (χ4n) is 3.45. The van der Waals surface area contributed by atoms with Crippen LogP contribution in [0.1, 0.15) is 30.0 Å². The quantitative estimate of drug-likeness (QED) is 0.425. The highest BCUT2D eigenvalue weighted by molar-refractivity contribution is 8.15. The number of hydrogen-bond donors (Lipinski definition) is 0. The van der Waals surface area contributed by atoms with E-state index < -0.39 is 0 Å². The Kier molecular flexibility index (Phi) is 5.76. The van der Waals surface area contributed by atoms with Crippen LogP contribution in [0, 0.1) is 6.92 Å². The smallest absolute Gasteiger partial charge is 0.242 e. The maximum atomic E-state index is 12.8. The predicted molar refractivity (Wildman–Crippen MR) is 122 cm³/mol. The Morgan fingerprint density at radius 1 is 1.03 bits per heavy atom. The summed E-state index contributed by atoms with van der Waals surface area (Å²) in [7, 11) is 0. The Bertz CT molecular complexity index is 1100. The van der Waals surface area contributed by atoms with Crippen molar-refractivity contribution >= 4 is 39.8 Å². The van der Waals surface area contributed by atoms with Crippen LogP contribution >= 0.6 is 11.8 Å². The van der Waals surface area contributed by atoms with Crippen molar-refractivity contribution in [1.29, 1.82) is 0 Å². The van der Waals surface area contributed by atoms with Crippen LogP contribution in [0.2, 0.25) is 0 Å². The minimum absolute atomic E-state index is 0.0921. The van der Waals surface area contributed by atoms with E-state index in [9.17, 15) is 4.79 Å². The summed E-state index contributed by atoms with van der Waals surface area (Å²) >= 11 is 1.50. The fraction of sp³-hybridized carbons (Fsp3) is 0.208. The third-order valence-corrected chi connectivity index (χ3v) is 6.48. The molecule has 146 valence electrons. The maximum absolute atomic E-state index is 12.8. The third-order valence-electron chi connectivity index (χ3n) is 5.14. The van der Waals surface area contributed by atoms with E-state index in [2.05, 4.69) is 47.5 Å². The average molecular weight is 402 g/mol. The summed E-state index contributed by atoms with van der Waals surface area (Å²) in [5.41, 5.74) is 3.31. The lowest BCUT2D eigenvalue weighted by molar-refractivity contribution is -0.126. The van der Waals surface area contributed by atoms with E-state index in [4.69, 9.17) is 0 Å². The molecule has 5 heteroatoms. The van der Waals surface area contributed by atoms with E-state index in [0.717, 1.165) is 22.9 Å². The predicted octanol–water partition coefficient (Wildman–Crippen LogP) is 5.39. The van der Waals surface area contributed by atoms with Gasteiger partial charge < -0.3 is 0 Å². The van der Waals surface area contributed by atoms with Gasteiger partial charge in [0.05, 0.1) is 18.0 Å². The van der Waals surface area contributed by atoms with Gasteiger partial charge in [0, 0.05) is 5.56 Å². The number of carbonyl (C=O) groups is 1. The van der Waals surface area contributed by atoms with E-state index in [1.54, 1.807) is 11.1 Å². The molecule has 1 fully saturated rings. The van der Waals surface area contributed by atoms with Crippen molar-refractivity contribution in [2.45, 2.75) is 32.1 Å². The van der Waals surface area contributed by atoms with Gasteiger partial charge in [0.2, 0.25) is 5.91 Å². The first-order chi connectivity index (χ1) is 14.2. The van der Waals surface area contributed by atoms with Gasteiger partial charge in [-0.25, -0.2) is 0 Å². The van der Waals surface area contributed by atoms with Crippen LogP contribution in [0.15, 0.2) is 76.9 Å². The largest absolute Gasteiger partial charge is 0.284 e. The summed E-state index contributed by atoms with van der Waals surface area (Å²) in [6.45, 7) is 4.62. The zero-order valence-electron chi connectivity index (χ0n) is 16.6. The number of carbonyl (C=O) groups excluding carboxylic acids is 1. The monoisotopic (exact) mass is 401 g/mol. The molecule has 0 spiro atoms. The van der Waals surface area contributed by atoms with Gasteiger partial charge in [-0.3, -0.25) is 9.69 Å². The van der Waals surface area contributed by atoms with Crippen LogP contribution in [-0.4, -0.2) is 27.4 Å². The summed E-state index contributed by atoms with van der Waals surface area (Å²) in [6, 6.07) is 22.5. The van der Waals surface area contributed by atoms with E-state index in [1.165, 1.54) is 22.7 Å². The molecule has 0 radical (unpaired) electrons. The van der Waals surface area contributed by atoms with Crippen molar-refractivity contribution < 1.29 is 4.79 Å². The van der Waals surface area contributed by atoms with Crippen LogP contribution in [0.3, 0.4) is 0 Å². The van der Waals surface area contributed by atoms with E-state index >= 15 is 0 Å². The summed E-state index contributed by atoms with van der Waals surface area (Å²) in [5.74, 6) is 0.111. The van der Waals surface area contributed by atoms with Crippen LogP contribution in [0.5, 0.6) is 0 Å². The van der Waals surface area contributed by atoms with Gasteiger partial charge in [0.1, 0.15) is 0 Å². The number of amidine groups is 1. The SMILES string of the molecule is CCC1S/C(=N\N=C\c2cccc3ccccc23)N(Cc2ccccc2C)C1=O. The van der Waals surface area contributed by atoms with Gasteiger partial charge in [-0.15, -0.1) is 5.10 Å². The lowest BCUT2D eigenvalue weighted by Gasteiger charge is -2.17. The lowest BCUT2D eigenvalue weighted by atomic mass is 10.1. The summed E-state index contributed by atoms with van der Waals surface area (Å²) < 4.78 is 0. The summed E-state index contributed by atoms with van der Waals surface area (Å²) in [5, 5.41) is 11.7. The molecule has 3 aromatic carbocycles. The molecule has 0 bridgehead atoms. The highest BCUT2D eigenvalue weighted by Gasteiger charge is 2.37. The molecule has 1 heterocycles. The Balaban J connectivity index is 1.62. The van der Waals surface area contributed by atoms with Crippen LogP contribution < -0.4 is 0 Å². The molecule has 0 aromatic heterocycles. The van der Waals surface area contributed by atoms with Crippen molar-refractivity contribution in [2.75, 3.05) is 0 Å². The minimum atomic E-state index is -0.0921. The van der Waals surface area contributed by atoms with E-state index in [1.807, 2.05) is 43.3 Å². The number of thioether (sulfide) groups is 1. The zero-order chi connectivity index (χ0) is 20.2. The van der Waals surface area contributed by atoms with Gasteiger partial charge in [-0.1, -0.05) is 85.4 Å². The van der Waals surface area contributed by atoms with Crippen molar-refractivity contribution in [3.63, 3.8) is 0 Å². The molecule has 4 nitrogen and oxygen atoms in total. The van der Waals surface area contributed by atoms with Crippen LogP contribution in [-0.2, 0) is 11.3 Å². The zero-order valence-corrected chi connectivity index (χ0v) is 17.4. The molecule has 1 unspecified atom stereocenters. The number of nitrogens with zero attached hydrogens (tertiary/aromatic N) is 3. The maximum Gasteiger partial charge on any atom is 0.242 e. The number of aryl methyl sites for hydroxylation is 1. The molecule has 1 aliphatic rings. The Morgan fingerprint density at radius 3 is 2.62 bits per heavy atom. The molecular weight excluding hydrogens is 378 g/mol. The van der Waals surface area contributed by atoms with E-state index in [-0.39, 0.29) is 11.2 Å². The molecule has 1 amide bonds. The standard InChI is InChI=1S/C24H23N3OS/c1-3-22-23(28)27(16-20-11-5-4-9-17(20)2)24(29-22)26-25-15-19-13-8-12-18-10-6-7-14-21(18)19/h4-15,22H,3,16H2,1-2H3/b25-15+,26-24-. The third kappa shape index (κ3) is 4.10. The summed E-state index contributed by atoms with van der Waals surface area (Å²) in [4.78, 5) is 14.6. The molecule has 4 rings (SSSR count). The Morgan fingerprint density at radius 2 is 1.79 bits per heavy atom. The number of hydrogen-bond acceptors (Lipinski definition) is 4. The average Bonchev–Trinajstić information content (AvgIpc) is 3.04. The van der Waals surface area contributed by atoms with Gasteiger partial charge in [-0.05, 0) is 35.2 Å². The molecule has 1 aliphatic heterocycles. The van der Waals surface area contributed by atoms with Gasteiger partial charge >= 0.3 is 0 Å². The lowest BCUT2D eigenvalue weighted by Crippen LogP contribution is -2.31. The van der Waals surface area contributed by atoms with Gasteiger partial charge in [0.15, 0.2) is 5.17 Å². The van der Waals surface area contributed by atoms with Gasteiger partial charge in [-0.2, -0.15) is 5.10 Å². The van der Waals surface area contributed by atoms with Crippen molar-refractivity contribution in [3.05, 3.63) is 83.4 Å². The first-order valence-electron chi connectivity index (χ1n) is 9.78. The topological polar surface area (TPSA) is 45.0 Å². The van der Waals surface area contributed by atoms with Crippen LogP contribution in [0.25, 0.3) is 10.8 Å². The van der Waals surface area contributed by atoms with Gasteiger partial charge in [0.25, 0.3) is 0 Å². The second-order valence-electron chi connectivity index (χ2n) is 7.06. The second-order valence-corrected chi connectivity index (χ2v) is 8.23. The molecule has 0 saturated carbocycles. The van der Waals surface area contributed by atoms with Crippen molar-refractivity contribution in [2.24, 2.45) is 10.2 Å². The van der Waals surface area contributed by atoms with Crippen molar-refractivity contribution in [1.82, 2.24) is 4.90 Å².